The molecule has 3 aromatic carbocycles. The summed E-state index contributed by atoms with van der Waals surface area (Å²) >= 11 is 0. The van der Waals surface area contributed by atoms with Crippen LogP contribution in [-0.4, -0.2) is 51.8 Å². The fraction of sp³-hybridized carbons (Fsp3) is 0.200. The van der Waals surface area contributed by atoms with Crippen LogP contribution in [0.1, 0.15) is 28.8 Å². The normalized spacial score (nSPS) is 15.6. The Morgan fingerprint density at radius 2 is 1.46 bits per heavy atom. The lowest BCUT2D eigenvalue weighted by atomic mass is 9.74. The fourth-order valence-electron chi connectivity index (χ4n) is 5.10. The van der Waals surface area contributed by atoms with Crippen molar-refractivity contribution in [3.63, 3.8) is 0 Å². The lowest BCUT2D eigenvalue weighted by Gasteiger charge is -2.47. The quantitative estimate of drug-likeness (QED) is 0.220. The SMILES string of the molecule is COC(=O)Cn1cc(/C=C2\CN(C(c3ccccc3)(c3ccccc3)c3ccccc3)CCC2=O)nn1. The summed E-state index contributed by atoms with van der Waals surface area (Å²) in [6, 6.07) is 31.3. The number of piperidine rings is 1. The van der Waals surface area contributed by atoms with E-state index in [0.717, 1.165) is 16.7 Å². The highest BCUT2D eigenvalue weighted by Gasteiger charge is 2.44. The zero-order valence-electron chi connectivity index (χ0n) is 20.7. The van der Waals surface area contributed by atoms with Crippen LogP contribution >= 0.6 is 0 Å². The van der Waals surface area contributed by atoms with Gasteiger partial charge in [0.25, 0.3) is 0 Å². The van der Waals surface area contributed by atoms with Gasteiger partial charge in [-0.05, 0) is 22.8 Å². The maximum absolute atomic E-state index is 13.1. The number of methoxy groups -OCH3 is 1. The molecule has 1 fully saturated rings. The number of esters is 1. The van der Waals surface area contributed by atoms with Crippen molar-refractivity contribution in [1.29, 1.82) is 0 Å². The molecule has 1 aliphatic rings. The Morgan fingerprint density at radius 3 is 1.97 bits per heavy atom. The standard InChI is InChI=1S/C30H28N4O3/c1-37-29(36)22-34-21-27(31-32-34)19-23-20-33(18-17-28(23)35)30(24-11-5-2-6-12-24,25-13-7-3-8-14-25)26-15-9-4-10-16-26/h2-16,19,21H,17-18,20,22H2,1H3/b23-19+. The Hall–Kier alpha value is -4.36. The van der Waals surface area contributed by atoms with Crippen molar-refractivity contribution in [2.24, 2.45) is 0 Å². The van der Waals surface area contributed by atoms with Gasteiger partial charge in [0.1, 0.15) is 12.2 Å². The summed E-state index contributed by atoms with van der Waals surface area (Å²) in [7, 11) is 1.33. The van der Waals surface area contributed by atoms with Gasteiger partial charge >= 0.3 is 5.97 Å². The van der Waals surface area contributed by atoms with Crippen LogP contribution in [0, 0.1) is 0 Å². The lowest BCUT2D eigenvalue weighted by molar-refractivity contribution is -0.141. The van der Waals surface area contributed by atoms with Crippen molar-refractivity contribution in [3.8, 4) is 0 Å². The molecule has 7 nitrogen and oxygen atoms in total. The van der Waals surface area contributed by atoms with E-state index >= 15 is 0 Å². The fourth-order valence-corrected chi connectivity index (χ4v) is 5.10. The van der Waals surface area contributed by atoms with Gasteiger partial charge in [-0.1, -0.05) is 96.2 Å². The first-order valence-electron chi connectivity index (χ1n) is 12.2. The summed E-state index contributed by atoms with van der Waals surface area (Å²) in [4.78, 5) is 27.1. The van der Waals surface area contributed by atoms with Crippen LogP contribution in [0.25, 0.3) is 6.08 Å². The number of likely N-dealkylation sites (tertiary alicyclic amines) is 1. The molecule has 0 unspecified atom stereocenters. The summed E-state index contributed by atoms with van der Waals surface area (Å²) in [5, 5.41) is 8.15. The van der Waals surface area contributed by atoms with Crippen molar-refractivity contribution in [1.82, 2.24) is 19.9 Å². The Bertz CT molecular complexity index is 1300. The molecule has 7 heteroatoms. The minimum atomic E-state index is -0.605. The first-order valence-corrected chi connectivity index (χ1v) is 12.2. The molecule has 4 aromatic rings. The third kappa shape index (κ3) is 4.86. The van der Waals surface area contributed by atoms with Crippen molar-refractivity contribution in [3.05, 3.63) is 125 Å². The summed E-state index contributed by atoms with van der Waals surface area (Å²) < 4.78 is 6.11. The van der Waals surface area contributed by atoms with Crippen LogP contribution in [0.15, 0.2) is 103 Å². The van der Waals surface area contributed by atoms with E-state index in [9.17, 15) is 9.59 Å². The number of rotatable bonds is 7. The molecule has 1 saturated heterocycles. The number of aromatic nitrogens is 3. The van der Waals surface area contributed by atoms with E-state index in [1.165, 1.54) is 11.8 Å². The van der Waals surface area contributed by atoms with E-state index in [-0.39, 0.29) is 12.3 Å². The summed E-state index contributed by atoms with van der Waals surface area (Å²) in [5.74, 6) is -0.329. The molecule has 0 atom stereocenters. The summed E-state index contributed by atoms with van der Waals surface area (Å²) in [6.45, 7) is 0.997. The van der Waals surface area contributed by atoms with Gasteiger partial charge in [0.05, 0.1) is 18.8 Å². The second-order valence-electron chi connectivity index (χ2n) is 8.99. The number of benzene rings is 3. The number of hydrogen-bond acceptors (Lipinski definition) is 6. The Balaban J connectivity index is 1.60. The average molecular weight is 493 g/mol. The number of carbonyl (C=O) groups excluding carboxylic acids is 2. The van der Waals surface area contributed by atoms with E-state index in [2.05, 4.69) is 88.0 Å². The van der Waals surface area contributed by atoms with E-state index in [0.29, 0.717) is 30.8 Å². The van der Waals surface area contributed by atoms with E-state index < -0.39 is 11.5 Å². The van der Waals surface area contributed by atoms with Crippen molar-refractivity contribution < 1.29 is 14.3 Å². The van der Waals surface area contributed by atoms with Gasteiger partial charge in [-0.3, -0.25) is 14.5 Å². The topological polar surface area (TPSA) is 77.3 Å². The predicted molar refractivity (Wildman–Crippen MR) is 140 cm³/mol. The van der Waals surface area contributed by atoms with Crippen LogP contribution < -0.4 is 0 Å². The third-order valence-electron chi connectivity index (χ3n) is 6.77. The number of ether oxygens (including phenoxy) is 1. The molecule has 0 saturated carbocycles. The molecule has 1 aromatic heterocycles. The molecule has 0 bridgehead atoms. The second-order valence-corrected chi connectivity index (χ2v) is 8.99. The Labute approximate surface area is 216 Å². The molecule has 1 aliphatic heterocycles. The lowest BCUT2D eigenvalue weighted by Crippen LogP contribution is -2.52. The van der Waals surface area contributed by atoms with Crippen molar-refractivity contribution in [2.45, 2.75) is 18.5 Å². The maximum atomic E-state index is 13.1. The number of hydrogen-bond donors (Lipinski definition) is 0. The number of carbonyl (C=O) groups is 2. The molecule has 186 valence electrons. The van der Waals surface area contributed by atoms with Crippen LogP contribution in [0.2, 0.25) is 0 Å². The van der Waals surface area contributed by atoms with E-state index in [4.69, 9.17) is 4.74 Å². The van der Waals surface area contributed by atoms with Gasteiger partial charge in [-0.15, -0.1) is 5.10 Å². The molecule has 0 radical (unpaired) electrons. The molecule has 0 spiro atoms. The third-order valence-corrected chi connectivity index (χ3v) is 6.77. The molecule has 37 heavy (non-hydrogen) atoms. The van der Waals surface area contributed by atoms with Gasteiger partial charge in [0, 0.05) is 25.1 Å². The maximum Gasteiger partial charge on any atom is 0.327 e. The monoisotopic (exact) mass is 492 g/mol. The van der Waals surface area contributed by atoms with Crippen LogP contribution in [-0.2, 0) is 26.4 Å². The first-order chi connectivity index (χ1) is 18.1. The minimum Gasteiger partial charge on any atom is -0.468 e. The van der Waals surface area contributed by atoms with E-state index in [1.54, 1.807) is 12.3 Å². The van der Waals surface area contributed by atoms with Crippen LogP contribution in [0.5, 0.6) is 0 Å². The second kappa shape index (κ2) is 10.7. The average Bonchev–Trinajstić information content (AvgIpc) is 3.39. The highest BCUT2D eigenvalue weighted by atomic mass is 16.5. The van der Waals surface area contributed by atoms with Gasteiger partial charge in [-0.2, -0.15) is 0 Å². The molecule has 0 amide bonds. The molecular weight excluding hydrogens is 464 g/mol. The van der Waals surface area contributed by atoms with Crippen molar-refractivity contribution in [2.75, 3.05) is 20.2 Å². The van der Waals surface area contributed by atoms with Crippen molar-refractivity contribution >= 4 is 17.8 Å². The molecular formula is C30H28N4O3. The molecule has 2 heterocycles. The van der Waals surface area contributed by atoms with Gasteiger partial charge < -0.3 is 4.74 Å². The molecule has 0 aliphatic carbocycles. The zero-order chi connectivity index (χ0) is 25.7. The molecule has 5 rings (SSSR count). The smallest absolute Gasteiger partial charge is 0.327 e. The Kier molecular flexibility index (Phi) is 7.05. The zero-order valence-corrected chi connectivity index (χ0v) is 20.7. The minimum absolute atomic E-state index is 0.0358. The number of ketones is 1. The van der Waals surface area contributed by atoms with Gasteiger partial charge in [-0.25, -0.2) is 4.68 Å². The highest BCUT2D eigenvalue weighted by molar-refractivity contribution is 6.00. The Morgan fingerprint density at radius 1 is 0.919 bits per heavy atom. The predicted octanol–water partition coefficient (Wildman–Crippen LogP) is 4.10. The number of nitrogens with zero attached hydrogens (tertiary/aromatic N) is 4. The first kappa shape index (κ1) is 24.3. The largest absolute Gasteiger partial charge is 0.468 e. The summed E-state index contributed by atoms with van der Waals surface area (Å²) in [5.41, 5.74) is 3.97. The number of Topliss-reactive ketones (excluding diaryl/α,β-unsaturated/α-hetero) is 1. The van der Waals surface area contributed by atoms with Crippen LogP contribution in [0.3, 0.4) is 0 Å². The summed E-state index contributed by atoms with van der Waals surface area (Å²) in [6.07, 6.45) is 3.81. The van der Waals surface area contributed by atoms with E-state index in [1.807, 2.05) is 18.2 Å². The molecule has 0 N–H and O–H groups in total. The van der Waals surface area contributed by atoms with Gasteiger partial charge in [0.2, 0.25) is 0 Å². The van der Waals surface area contributed by atoms with Gasteiger partial charge in [0.15, 0.2) is 5.78 Å². The highest BCUT2D eigenvalue weighted by Crippen LogP contribution is 2.43. The van der Waals surface area contributed by atoms with Crippen LogP contribution in [0.4, 0.5) is 0 Å².